The first-order valence-electron chi connectivity index (χ1n) is 10.7. The number of nitrogens with one attached hydrogen (secondary N) is 1. The second-order valence-electron chi connectivity index (χ2n) is 7.65. The number of carbonyl (C=O) groups is 2. The fourth-order valence-electron chi connectivity index (χ4n) is 3.27. The van der Waals surface area contributed by atoms with Gasteiger partial charge in [0.25, 0.3) is 0 Å². The summed E-state index contributed by atoms with van der Waals surface area (Å²) in [7, 11) is 1.60. The molecule has 172 valence electrons. The number of para-hydroxylation sites is 1. The second kappa shape index (κ2) is 10.8. The maximum Gasteiger partial charge on any atom is 0.245 e. The number of benzene rings is 2. The van der Waals surface area contributed by atoms with Crippen LogP contribution in [0.15, 0.2) is 84.1 Å². The van der Waals surface area contributed by atoms with Crippen molar-refractivity contribution in [1.82, 2.24) is 24.6 Å². The van der Waals surface area contributed by atoms with Crippen LogP contribution in [0.5, 0.6) is 0 Å². The van der Waals surface area contributed by atoms with Crippen LogP contribution in [0.4, 0.5) is 5.82 Å². The lowest BCUT2D eigenvalue weighted by Gasteiger charge is -2.16. The summed E-state index contributed by atoms with van der Waals surface area (Å²) in [5, 5.41) is 12.0. The van der Waals surface area contributed by atoms with Crippen LogP contribution in [0.3, 0.4) is 0 Å². The molecule has 0 atom stereocenters. The van der Waals surface area contributed by atoms with Gasteiger partial charge in [0.1, 0.15) is 5.82 Å². The molecule has 2 aromatic heterocycles. The molecule has 0 unspecified atom stereocenters. The Balaban J connectivity index is 1.44. The first kappa shape index (κ1) is 23.2. The van der Waals surface area contributed by atoms with Gasteiger partial charge in [0.05, 0.1) is 12.3 Å². The standard InChI is InChI=1S/C25H24N6O2S/c1-18-13-14-26-21(15-18)27-22(32)16-30(2)23(33)17-34-25-29-28-24(19-9-5-3-6-10-19)31(25)20-11-7-4-8-12-20/h3-15H,16-17H2,1-2H3,(H,26,27,32). The van der Waals surface area contributed by atoms with E-state index in [9.17, 15) is 9.59 Å². The van der Waals surface area contributed by atoms with Gasteiger partial charge in [0, 0.05) is 24.5 Å². The smallest absolute Gasteiger partial charge is 0.245 e. The van der Waals surface area contributed by atoms with E-state index in [-0.39, 0.29) is 24.1 Å². The van der Waals surface area contributed by atoms with Crippen molar-refractivity contribution in [2.24, 2.45) is 0 Å². The number of carbonyl (C=O) groups excluding carboxylic acids is 2. The molecule has 4 aromatic rings. The first-order chi connectivity index (χ1) is 16.5. The van der Waals surface area contributed by atoms with E-state index in [0.717, 1.165) is 16.8 Å². The summed E-state index contributed by atoms with van der Waals surface area (Å²) in [6.45, 7) is 1.84. The number of aryl methyl sites for hydroxylation is 1. The van der Waals surface area contributed by atoms with Gasteiger partial charge < -0.3 is 10.2 Å². The average molecular weight is 473 g/mol. The van der Waals surface area contributed by atoms with Crippen molar-refractivity contribution in [3.05, 3.63) is 84.6 Å². The Labute approximate surface area is 202 Å². The van der Waals surface area contributed by atoms with Crippen LogP contribution in [-0.2, 0) is 9.59 Å². The molecule has 0 fully saturated rings. The molecule has 0 spiro atoms. The van der Waals surface area contributed by atoms with Gasteiger partial charge in [0.2, 0.25) is 11.8 Å². The third-order valence-corrected chi connectivity index (χ3v) is 5.91. The Morgan fingerprint density at radius 3 is 2.41 bits per heavy atom. The van der Waals surface area contributed by atoms with Gasteiger partial charge in [-0.1, -0.05) is 60.3 Å². The molecular weight excluding hydrogens is 448 g/mol. The first-order valence-corrected chi connectivity index (χ1v) is 11.7. The number of amides is 2. The molecular formula is C25H24N6O2S. The van der Waals surface area contributed by atoms with Crippen LogP contribution in [0.25, 0.3) is 17.1 Å². The van der Waals surface area contributed by atoms with Gasteiger partial charge in [-0.05, 0) is 36.8 Å². The van der Waals surface area contributed by atoms with Crippen molar-refractivity contribution >= 4 is 29.4 Å². The van der Waals surface area contributed by atoms with Gasteiger partial charge in [-0.2, -0.15) is 0 Å². The quantitative estimate of drug-likeness (QED) is 0.392. The SMILES string of the molecule is Cc1ccnc(NC(=O)CN(C)C(=O)CSc2nnc(-c3ccccc3)n2-c2ccccc2)c1. The highest BCUT2D eigenvalue weighted by molar-refractivity contribution is 7.99. The molecule has 0 saturated carbocycles. The Morgan fingerprint density at radius 2 is 1.71 bits per heavy atom. The summed E-state index contributed by atoms with van der Waals surface area (Å²) >= 11 is 1.28. The minimum Gasteiger partial charge on any atom is -0.336 e. The average Bonchev–Trinajstić information content (AvgIpc) is 3.27. The number of likely N-dealkylation sites (N-methyl/N-ethyl adjacent to an activating group) is 1. The molecule has 0 aliphatic heterocycles. The second-order valence-corrected chi connectivity index (χ2v) is 8.59. The van der Waals surface area contributed by atoms with Crippen LogP contribution in [0.1, 0.15) is 5.56 Å². The van der Waals surface area contributed by atoms with Crippen LogP contribution in [0.2, 0.25) is 0 Å². The lowest BCUT2D eigenvalue weighted by Crippen LogP contribution is -2.36. The number of anilines is 1. The zero-order chi connectivity index (χ0) is 23.9. The number of thioether (sulfide) groups is 1. The summed E-state index contributed by atoms with van der Waals surface area (Å²) in [6, 6.07) is 23.2. The predicted octanol–water partition coefficient (Wildman–Crippen LogP) is 3.83. The Hall–Kier alpha value is -3.98. The van der Waals surface area contributed by atoms with Gasteiger partial charge in [-0.15, -0.1) is 10.2 Å². The van der Waals surface area contributed by atoms with Crippen molar-refractivity contribution in [2.75, 3.05) is 24.7 Å². The highest BCUT2D eigenvalue weighted by atomic mass is 32.2. The molecule has 9 heteroatoms. The predicted molar refractivity (Wildman–Crippen MR) is 133 cm³/mol. The third-order valence-electron chi connectivity index (χ3n) is 4.99. The molecule has 2 amide bonds. The summed E-state index contributed by atoms with van der Waals surface area (Å²) < 4.78 is 1.93. The minimum atomic E-state index is -0.308. The van der Waals surface area contributed by atoms with Gasteiger partial charge in [0.15, 0.2) is 11.0 Å². The highest BCUT2D eigenvalue weighted by Gasteiger charge is 2.19. The van der Waals surface area contributed by atoms with Crippen LogP contribution < -0.4 is 5.32 Å². The maximum absolute atomic E-state index is 12.7. The van der Waals surface area contributed by atoms with Crippen molar-refractivity contribution < 1.29 is 9.59 Å². The topological polar surface area (TPSA) is 93.0 Å². The largest absolute Gasteiger partial charge is 0.336 e. The monoisotopic (exact) mass is 472 g/mol. The van der Waals surface area contributed by atoms with E-state index in [2.05, 4.69) is 20.5 Å². The maximum atomic E-state index is 12.7. The fraction of sp³-hybridized carbons (Fsp3) is 0.160. The van der Waals surface area contributed by atoms with E-state index in [1.165, 1.54) is 16.7 Å². The Bertz CT molecular complexity index is 1280. The lowest BCUT2D eigenvalue weighted by atomic mass is 10.2. The molecule has 2 aromatic carbocycles. The molecule has 0 aliphatic carbocycles. The van der Waals surface area contributed by atoms with Gasteiger partial charge in [-0.3, -0.25) is 14.2 Å². The van der Waals surface area contributed by atoms with E-state index in [1.807, 2.05) is 78.2 Å². The van der Waals surface area contributed by atoms with E-state index in [4.69, 9.17) is 0 Å². The number of aromatic nitrogens is 4. The van der Waals surface area contributed by atoms with Crippen LogP contribution in [0, 0.1) is 6.92 Å². The fourth-order valence-corrected chi connectivity index (χ4v) is 4.17. The summed E-state index contributed by atoms with van der Waals surface area (Å²) in [5.41, 5.74) is 2.82. The summed E-state index contributed by atoms with van der Waals surface area (Å²) in [5.74, 6) is 0.774. The molecule has 0 saturated heterocycles. The third kappa shape index (κ3) is 5.68. The number of pyridine rings is 1. The minimum absolute atomic E-state index is 0.0738. The van der Waals surface area contributed by atoms with Crippen LogP contribution in [-0.4, -0.2) is 55.8 Å². The van der Waals surface area contributed by atoms with Crippen molar-refractivity contribution in [3.8, 4) is 17.1 Å². The molecule has 2 heterocycles. The van der Waals surface area contributed by atoms with E-state index < -0.39 is 0 Å². The van der Waals surface area contributed by atoms with Crippen molar-refractivity contribution in [3.63, 3.8) is 0 Å². The normalized spacial score (nSPS) is 10.6. The molecule has 0 aliphatic rings. The molecule has 4 rings (SSSR count). The zero-order valence-corrected chi connectivity index (χ0v) is 19.7. The lowest BCUT2D eigenvalue weighted by molar-refractivity contribution is -0.131. The van der Waals surface area contributed by atoms with Gasteiger partial charge >= 0.3 is 0 Å². The number of hydrogen-bond acceptors (Lipinski definition) is 6. The number of hydrogen-bond donors (Lipinski definition) is 1. The van der Waals surface area contributed by atoms with E-state index >= 15 is 0 Å². The molecule has 0 radical (unpaired) electrons. The Morgan fingerprint density at radius 1 is 1.00 bits per heavy atom. The molecule has 34 heavy (non-hydrogen) atoms. The van der Waals surface area contributed by atoms with E-state index in [0.29, 0.717) is 16.8 Å². The number of nitrogens with zero attached hydrogens (tertiary/aromatic N) is 5. The number of rotatable bonds is 8. The molecule has 0 bridgehead atoms. The summed E-state index contributed by atoms with van der Waals surface area (Å²) in [4.78, 5) is 30.6. The highest BCUT2D eigenvalue weighted by Crippen LogP contribution is 2.27. The molecule has 1 N–H and O–H groups in total. The zero-order valence-electron chi connectivity index (χ0n) is 18.9. The van der Waals surface area contributed by atoms with Gasteiger partial charge in [-0.25, -0.2) is 4.98 Å². The molecule has 8 nitrogen and oxygen atoms in total. The Kier molecular flexibility index (Phi) is 7.34. The van der Waals surface area contributed by atoms with Crippen LogP contribution >= 0.6 is 11.8 Å². The summed E-state index contributed by atoms with van der Waals surface area (Å²) in [6.07, 6.45) is 1.63. The van der Waals surface area contributed by atoms with Crippen molar-refractivity contribution in [1.29, 1.82) is 0 Å². The van der Waals surface area contributed by atoms with E-state index in [1.54, 1.807) is 19.3 Å². The van der Waals surface area contributed by atoms with Crippen molar-refractivity contribution in [2.45, 2.75) is 12.1 Å².